The molecule has 0 amide bonds. The second kappa shape index (κ2) is 25.3. The van der Waals surface area contributed by atoms with Gasteiger partial charge in [0.2, 0.25) is 0 Å². The lowest BCUT2D eigenvalue weighted by Crippen LogP contribution is -2.00. The Morgan fingerprint density at radius 2 is 0.977 bits per heavy atom. The fourth-order valence-corrected chi connectivity index (χ4v) is 4.24. The van der Waals surface area contributed by atoms with Crippen LogP contribution in [0.15, 0.2) is 60.8 Å². The zero-order valence-corrected chi connectivity index (χ0v) is 31.7. The van der Waals surface area contributed by atoms with E-state index >= 15 is 0 Å². The third-order valence-electron chi connectivity index (χ3n) is 7.85. The highest BCUT2D eigenvalue weighted by atomic mass is 14.7. The van der Waals surface area contributed by atoms with Crippen molar-refractivity contribution in [1.29, 1.82) is 0 Å². The maximum atomic E-state index is 3.29. The van der Waals surface area contributed by atoms with E-state index in [0.29, 0.717) is 0 Å². The molecule has 1 atom stereocenters. The lowest BCUT2D eigenvalue weighted by Gasteiger charge is -2.10. The van der Waals surface area contributed by atoms with Crippen molar-refractivity contribution in [3.8, 4) is 0 Å². The third kappa shape index (κ3) is 25.1. The van der Waals surface area contributed by atoms with Crippen LogP contribution < -0.4 is 0 Å². The van der Waals surface area contributed by atoms with E-state index in [0.717, 1.165) is 53.8 Å². The van der Waals surface area contributed by atoms with Gasteiger partial charge in [0, 0.05) is 17.1 Å². The molecule has 1 aromatic heterocycles. The first kappa shape index (κ1) is 43.1. The largest absolute Gasteiger partial charge is 0.361 e. The highest BCUT2D eigenvalue weighted by Gasteiger charge is 2.04. The number of fused-ring (bicyclic) bond motifs is 1. The van der Waals surface area contributed by atoms with Gasteiger partial charge in [0.05, 0.1) is 0 Å². The normalized spacial score (nSPS) is 11.6. The molecule has 1 heterocycles. The molecule has 0 fully saturated rings. The molecule has 0 radical (unpaired) electrons. The first-order valence-electron chi connectivity index (χ1n) is 17.6. The third-order valence-corrected chi connectivity index (χ3v) is 7.85. The van der Waals surface area contributed by atoms with Gasteiger partial charge >= 0.3 is 0 Å². The fourth-order valence-electron chi connectivity index (χ4n) is 4.24. The van der Waals surface area contributed by atoms with Crippen LogP contribution in [0.2, 0.25) is 0 Å². The molecule has 248 valence electrons. The van der Waals surface area contributed by atoms with Gasteiger partial charge in [-0.3, -0.25) is 0 Å². The van der Waals surface area contributed by atoms with Crippen molar-refractivity contribution in [2.45, 2.75) is 136 Å². The van der Waals surface area contributed by atoms with E-state index in [9.17, 15) is 0 Å². The molecule has 0 aliphatic carbocycles. The summed E-state index contributed by atoms with van der Waals surface area (Å²) < 4.78 is 0. The van der Waals surface area contributed by atoms with E-state index in [4.69, 9.17) is 0 Å². The van der Waals surface area contributed by atoms with Crippen molar-refractivity contribution in [1.82, 2.24) is 4.98 Å². The van der Waals surface area contributed by atoms with Gasteiger partial charge in [-0.15, -0.1) is 0 Å². The van der Waals surface area contributed by atoms with E-state index < -0.39 is 0 Å². The van der Waals surface area contributed by atoms with Crippen LogP contribution in [0, 0.1) is 47.3 Å². The summed E-state index contributed by atoms with van der Waals surface area (Å²) in [6.07, 6.45) is 7.16. The van der Waals surface area contributed by atoms with Crippen molar-refractivity contribution in [2.75, 3.05) is 0 Å². The van der Waals surface area contributed by atoms with Crippen LogP contribution in [0.4, 0.5) is 0 Å². The summed E-state index contributed by atoms with van der Waals surface area (Å²) in [6, 6.07) is 19.1. The minimum Gasteiger partial charge on any atom is -0.361 e. The molecular formula is C42H75N. The van der Waals surface area contributed by atoms with Gasteiger partial charge in [0.25, 0.3) is 0 Å². The van der Waals surface area contributed by atoms with Gasteiger partial charge in [-0.2, -0.15) is 0 Å². The zero-order valence-electron chi connectivity index (χ0n) is 31.7. The van der Waals surface area contributed by atoms with E-state index in [-0.39, 0.29) is 0 Å². The second-order valence-corrected chi connectivity index (χ2v) is 15.2. The van der Waals surface area contributed by atoms with Crippen LogP contribution in [-0.4, -0.2) is 4.98 Å². The molecule has 0 saturated heterocycles. The van der Waals surface area contributed by atoms with Crippen molar-refractivity contribution >= 4 is 10.9 Å². The SMILES string of the molecule is CC(C)C(C)C.CC(C)CC(C)C.CC(C)Cc1c[nH]c2ccccc12.CC(C)Cc1ccccc1.CCC(C)C(C)C. The van der Waals surface area contributed by atoms with Gasteiger partial charge in [-0.1, -0.05) is 166 Å². The zero-order chi connectivity index (χ0) is 33.5. The van der Waals surface area contributed by atoms with Crippen LogP contribution in [0.1, 0.15) is 135 Å². The number of nitrogens with one attached hydrogen (secondary N) is 1. The maximum Gasteiger partial charge on any atom is 0.0456 e. The number of rotatable bonds is 9. The summed E-state index contributed by atoms with van der Waals surface area (Å²) in [7, 11) is 0. The lowest BCUT2D eigenvalue weighted by atomic mass is 9.96. The number of H-pyrrole nitrogens is 1. The molecule has 1 N–H and O–H groups in total. The monoisotopic (exact) mass is 594 g/mol. The molecule has 0 bridgehead atoms. The Hall–Kier alpha value is -2.02. The number of hydrogen-bond donors (Lipinski definition) is 1. The highest BCUT2D eigenvalue weighted by Crippen LogP contribution is 2.20. The smallest absolute Gasteiger partial charge is 0.0456 e. The van der Waals surface area contributed by atoms with Crippen molar-refractivity contribution in [3.05, 3.63) is 71.9 Å². The maximum absolute atomic E-state index is 3.29. The van der Waals surface area contributed by atoms with Gasteiger partial charge in [0.15, 0.2) is 0 Å². The number of aromatic amines is 1. The quantitative estimate of drug-likeness (QED) is 0.254. The molecule has 0 aliphatic rings. The van der Waals surface area contributed by atoms with E-state index in [1.54, 1.807) is 0 Å². The predicted molar refractivity (Wildman–Crippen MR) is 200 cm³/mol. The Kier molecular flexibility index (Phi) is 25.4. The summed E-state index contributed by atoms with van der Waals surface area (Å²) in [5.41, 5.74) is 4.13. The summed E-state index contributed by atoms with van der Waals surface area (Å²) in [5.74, 6) is 6.71. The molecule has 0 spiro atoms. The summed E-state index contributed by atoms with van der Waals surface area (Å²) in [5, 5.41) is 1.37. The minimum absolute atomic E-state index is 0.721. The Morgan fingerprint density at radius 3 is 1.33 bits per heavy atom. The molecular weight excluding hydrogens is 518 g/mol. The first-order valence-corrected chi connectivity index (χ1v) is 17.6. The van der Waals surface area contributed by atoms with Gasteiger partial charge < -0.3 is 4.98 Å². The van der Waals surface area contributed by atoms with Crippen LogP contribution in [0.25, 0.3) is 10.9 Å². The second-order valence-electron chi connectivity index (χ2n) is 15.2. The molecule has 2 aromatic carbocycles. The molecule has 43 heavy (non-hydrogen) atoms. The van der Waals surface area contributed by atoms with E-state index in [2.05, 4.69) is 177 Å². The van der Waals surface area contributed by atoms with E-state index in [1.165, 1.54) is 41.3 Å². The standard InChI is InChI=1S/C12H15N.C10H14.2C7H16.C6H14/c1-9(2)7-10-8-13-12-6-4-3-5-11(10)12;1-9(2)8-10-6-4-3-5-7-10;1-6(2)5-7(3)4;1-5-7(4)6(2)3;1-5(2)6(3)4/h3-6,8-9,13H,7H2,1-2H3;3-7,9H,8H2,1-2H3;2*6-7H,5H2,1-4H3;5-6H,1-4H3. The fraction of sp³-hybridized carbons (Fsp3) is 0.667. The van der Waals surface area contributed by atoms with Crippen molar-refractivity contribution in [2.24, 2.45) is 47.3 Å². The van der Waals surface area contributed by atoms with Gasteiger partial charge in [0.1, 0.15) is 0 Å². The molecule has 3 rings (SSSR count). The molecule has 0 saturated carbocycles. The summed E-state index contributed by atoms with van der Waals surface area (Å²) in [6.45, 7) is 36.1. The van der Waals surface area contributed by atoms with Gasteiger partial charge in [-0.25, -0.2) is 0 Å². The summed E-state index contributed by atoms with van der Waals surface area (Å²) in [4.78, 5) is 3.29. The molecule has 1 heteroatoms. The predicted octanol–water partition coefficient (Wildman–Crippen LogP) is 13.9. The average molecular weight is 594 g/mol. The van der Waals surface area contributed by atoms with Crippen LogP contribution in [0.5, 0.6) is 0 Å². The number of aromatic nitrogens is 1. The number of hydrogen-bond acceptors (Lipinski definition) is 0. The molecule has 0 aliphatic heterocycles. The van der Waals surface area contributed by atoms with Crippen molar-refractivity contribution < 1.29 is 0 Å². The molecule has 3 aromatic rings. The Bertz CT molecular complexity index is 976. The number of para-hydroxylation sites is 1. The van der Waals surface area contributed by atoms with E-state index in [1.807, 2.05) is 0 Å². The first-order chi connectivity index (χ1) is 20.0. The summed E-state index contributed by atoms with van der Waals surface area (Å²) >= 11 is 0. The van der Waals surface area contributed by atoms with Crippen LogP contribution in [-0.2, 0) is 12.8 Å². The molecule has 1 unspecified atom stereocenters. The highest BCUT2D eigenvalue weighted by molar-refractivity contribution is 5.83. The van der Waals surface area contributed by atoms with Crippen LogP contribution in [0.3, 0.4) is 0 Å². The minimum atomic E-state index is 0.721. The van der Waals surface area contributed by atoms with Crippen molar-refractivity contribution in [3.63, 3.8) is 0 Å². The van der Waals surface area contributed by atoms with Crippen LogP contribution >= 0.6 is 0 Å². The van der Waals surface area contributed by atoms with Gasteiger partial charge in [-0.05, 0) is 83.8 Å². The topological polar surface area (TPSA) is 15.8 Å². The Labute approximate surface area is 271 Å². The Morgan fingerprint density at radius 1 is 0.512 bits per heavy atom. The number of benzene rings is 2. The average Bonchev–Trinajstić information content (AvgIpc) is 3.31. The Balaban J connectivity index is 0. The lowest BCUT2D eigenvalue weighted by molar-refractivity contribution is 0.407. The molecule has 1 nitrogen and oxygen atoms in total.